The SMILES string of the molecule is COc1ccc(C(O)CN2CCCC2c2cccc(Br)c2)cc1. The summed E-state index contributed by atoms with van der Waals surface area (Å²) < 4.78 is 6.28. The van der Waals surface area contributed by atoms with Gasteiger partial charge in [-0.05, 0) is 54.8 Å². The summed E-state index contributed by atoms with van der Waals surface area (Å²) in [5.74, 6) is 0.814. The molecule has 3 nitrogen and oxygen atoms in total. The molecule has 1 saturated heterocycles. The number of aliphatic hydroxyl groups is 1. The second-order valence-corrected chi connectivity index (χ2v) is 6.91. The highest BCUT2D eigenvalue weighted by molar-refractivity contribution is 9.10. The fourth-order valence-corrected chi connectivity index (χ4v) is 3.71. The molecule has 3 rings (SSSR count). The molecule has 1 aliphatic rings. The summed E-state index contributed by atoms with van der Waals surface area (Å²) in [5.41, 5.74) is 2.25. The summed E-state index contributed by atoms with van der Waals surface area (Å²) >= 11 is 3.55. The van der Waals surface area contributed by atoms with E-state index in [0.717, 1.165) is 28.8 Å². The number of likely N-dealkylation sites (tertiary alicyclic amines) is 1. The van der Waals surface area contributed by atoms with Crippen molar-refractivity contribution in [3.05, 3.63) is 64.1 Å². The van der Waals surface area contributed by atoms with Gasteiger partial charge < -0.3 is 9.84 Å². The van der Waals surface area contributed by atoms with E-state index in [-0.39, 0.29) is 0 Å². The van der Waals surface area contributed by atoms with Crippen molar-refractivity contribution in [2.24, 2.45) is 0 Å². The number of methoxy groups -OCH3 is 1. The molecule has 0 radical (unpaired) electrons. The minimum atomic E-state index is -0.478. The van der Waals surface area contributed by atoms with E-state index >= 15 is 0 Å². The van der Waals surface area contributed by atoms with Gasteiger partial charge in [0.15, 0.2) is 0 Å². The maximum absolute atomic E-state index is 10.6. The molecule has 0 aromatic heterocycles. The average molecular weight is 376 g/mol. The van der Waals surface area contributed by atoms with Crippen LogP contribution in [0.4, 0.5) is 0 Å². The third-order valence-corrected chi connectivity index (χ3v) is 5.00. The summed E-state index contributed by atoms with van der Waals surface area (Å²) in [7, 11) is 1.65. The molecule has 2 atom stereocenters. The number of halogens is 1. The molecule has 1 heterocycles. The van der Waals surface area contributed by atoms with E-state index in [9.17, 15) is 5.11 Å². The highest BCUT2D eigenvalue weighted by Crippen LogP contribution is 2.34. The van der Waals surface area contributed by atoms with Crippen LogP contribution >= 0.6 is 15.9 Å². The summed E-state index contributed by atoms with van der Waals surface area (Å²) in [5, 5.41) is 10.6. The average Bonchev–Trinajstić information content (AvgIpc) is 3.03. The highest BCUT2D eigenvalue weighted by atomic mass is 79.9. The van der Waals surface area contributed by atoms with Crippen LogP contribution in [0.25, 0.3) is 0 Å². The quantitative estimate of drug-likeness (QED) is 0.843. The van der Waals surface area contributed by atoms with Gasteiger partial charge >= 0.3 is 0 Å². The second kappa shape index (κ2) is 7.47. The standard InChI is InChI=1S/C19H22BrNO2/c1-23-17-9-7-14(8-10-17)19(22)13-21-11-3-6-18(21)15-4-2-5-16(20)12-15/h2,4-5,7-10,12,18-19,22H,3,6,11,13H2,1H3. The largest absolute Gasteiger partial charge is 0.497 e. The fourth-order valence-electron chi connectivity index (χ4n) is 3.29. The Hall–Kier alpha value is -1.36. The highest BCUT2D eigenvalue weighted by Gasteiger charge is 2.28. The van der Waals surface area contributed by atoms with Crippen LogP contribution in [0.1, 0.15) is 36.1 Å². The third-order valence-electron chi connectivity index (χ3n) is 4.51. The number of β-amino-alcohol motifs (C(OH)–C–C–N with tert-alkyl or cyclic N) is 1. The van der Waals surface area contributed by atoms with E-state index in [1.165, 1.54) is 12.0 Å². The first-order chi connectivity index (χ1) is 11.2. The van der Waals surface area contributed by atoms with Crippen LogP contribution in [-0.2, 0) is 0 Å². The topological polar surface area (TPSA) is 32.7 Å². The van der Waals surface area contributed by atoms with Gasteiger partial charge in [0.1, 0.15) is 5.75 Å². The van der Waals surface area contributed by atoms with Crippen molar-refractivity contribution in [1.29, 1.82) is 0 Å². The minimum absolute atomic E-state index is 0.389. The monoisotopic (exact) mass is 375 g/mol. The van der Waals surface area contributed by atoms with E-state index in [2.05, 4.69) is 45.1 Å². The molecule has 1 N–H and O–H groups in total. The Labute approximate surface area is 146 Å². The molecule has 2 aromatic rings. The lowest BCUT2D eigenvalue weighted by molar-refractivity contribution is 0.106. The maximum Gasteiger partial charge on any atom is 0.118 e. The van der Waals surface area contributed by atoms with E-state index < -0.39 is 6.10 Å². The number of hydrogen-bond acceptors (Lipinski definition) is 3. The van der Waals surface area contributed by atoms with Gasteiger partial charge in [-0.2, -0.15) is 0 Å². The Balaban J connectivity index is 1.70. The first-order valence-electron chi connectivity index (χ1n) is 7.99. The molecule has 4 heteroatoms. The van der Waals surface area contributed by atoms with Crippen LogP contribution < -0.4 is 4.74 Å². The lowest BCUT2D eigenvalue weighted by Gasteiger charge is -2.27. The molecule has 0 saturated carbocycles. The predicted molar refractivity (Wildman–Crippen MR) is 95.6 cm³/mol. The molecular weight excluding hydrogens is 354 g/mol. The molecule has 1 fully saturated rings. The van der Waals surface area contributed by atoms with Gasteiger partial charge in [-0.25, -0.2) is 0 Å². The first kappa shape index (κ1) is 16.5. The molecule has 0 aliphatic carbocycles. The van der Waals surface area contributed by atoms with E-state index in [4.69, 9.17) is 4.74 Å². The van der Waals surface area contributed by atoms with Gasteiger partial charge in [0, 0.05) is 17.1 Å². The maximum atomic E-state index is 10.6. The van der Waals surface area contributed by atoms with E-state index in [1.54, 1.807) is 7.11 Å². The van der Waals surface area contributed by atoms with Crippen molar-refractivity contribution < 1.29 is 9.84 Å². The van der Waals surface area contributed by atoms with Crippen molar-refractivity contribution in [2.45, 2.75) is 25.0 Å². The molecule has 0 spiro atoms. The number of nitrogens with zero attached hydrogens (tertiary/aromatic N) is 1. The van der Waals surface area contributed by atoms with Gasteiger partial charge in [0.25, 0.3) is 0 Å². The van der Waals surface area contributed by atoms with Gasteiger partial charge in [-0.15, -0.1) is 0 Å². The molecule has 2 unspecified atom stereocenters. The first-order valence-corrected chi connectivity index (χ1v) is 8.78. The van der Waals surface area contributed by atoms with Crippen LogP contribution in [-0.4, -0.2) is 30.2 Å². The zero-order valence-corrected chi connectivity index (χ0v) is 14.9. The van der Waals surface area contributed by atoms with Crippen molar-refractivity contribution in [2.75, 3.05) is 20.2 Å². The summed E-state index contributed by atoms with van der Waals surface area (Å²) in [6.45, 7) is 1.69. The number of ether oxygens (including phenoxy) is 1. The summed E-state index contributed by atoms with van der Waals surface area (Å²) in [6, 6.07) is 16.5. The van der Waals surface area contributed by atoms with Gasteiger partial charge in [0.2, 0.25) is 0 Å². The van der Waals surface area contributed by atoms with Gasteiger partial charge in [0.05, 0.1) is 13.2 Å². The lowest BCUT2D eigenvalue weighted by Crippen LogP contribution is -2.28. The number of aliphatic hydroxyl groups excluding tert-OH is 1. The number of hydrogen-bond donors (Lipinski definition) is 1. The lowest BCUT2D eigenvalue weighted by atomic mass is 10.0. The van der Waals surface area contributed by atoms with Crippen LogP contribution in [0.2, 0.25) is 0 Å². The summed E-state index contributed by atoms with van der Waals surface area (Å²) in [4.78, 5) is 2.39. The molecule has 0 bridgehead atoms. The molecular formula is C19H22BrNO2. The smallest absolute Gasteiger partial charge is 0.118 e. The molecule has 122 valence electrons. The van der Waals surface area contributed by atoms with Crippen molar-refractivity contribution in [3.63, 3.8) is 0 Å². The van der Waals surface area contributed by atoms with Gasteiger partial charge in [-0.1, -0.05) is 40.2 Å². The number of benzene rings is 2. The Bertz CT molecular complexity index is 644. The Morgan fingerprint density at radius 3 is 2.74 bits per heavy atom. The Morgan fingerprint density at radius 2 is 2.04 bits per heavy atom. The zero-order valence-electron chi connectivity index (χ0n) is 13.3. The van der Waals surface area contributed by atoms with Crippen molar-refractivity contribution in [1.82, 2.24) is 4.90 Å². The van der Waals surface area contributed by atoms with Crippen LogP contribution in [0.5, 0.6) is 5.75 Å². The van der Waals surface area contributed by atoms with Crippen LogP contribution in [0.3, 0.4) is 0 Å². The third kappa shape index (κ3) is 3.94. The van der Waals surface area contributed by atoms with E-state index in [0.29, 0.717) is 12.6 Å². The molecule has 2 aromatic carbocycles. The van der Waals surface area contributed by atoms with Crippen LogP contribution in [0.15, 0.2) is 53.0 Å². The van der Waals surface area contributed by atoms with E-state index in [1.807, 2.05) is 24.3 Å². The normalized spacial score (nSPS) is 19.7. The molecule has 1 aliphatic heterocycles. The molecule has 0 amide bonds. The minimum Gasteiger partial charge on any atom is -0.497 e. The Morgan fingerprint density at radius 1 is 1.26 bits per heavy atom. The fraction of sp³-hybridized carbons (Fsp3) is 0.368. The van der Waals surface area contributed by atoms with Crippen molar-refractivity contribution >= 4 is 15.9 Å². The van der Waals surface area contributed by atoms with Crippen molar-refractivity contribution in [3.8, 4) is 5.75 Å². The zero-order chi connectivity index (χ0) is 16.2. The van der Waals surface area contributed by atoms with Crippen LogP contribution in [0, 0.1) is 0 Å². The van der Waals surface area contributed by atoms with Gasteiger partial charge in [-0.3, -0.25) is 4.90 Å². The summed E-state index contributed by atoms with van der Waals surface area (Å²) in [6.07, 6.45) is 1.84. The predicted octanol–water partition coefficient (Wildman–Crippen LogP) is 4.33. The number of rotatable bonds is 5. The Kier molecular flexibility index (Phi) is 5.36. The molecule has 23 heavy (non-hydrogen) atoms. The second-order valence-electron chi connectivity index (χ2n) is 6.00.